The first kappa shape index (κ1) is 26.2. The van der Waals surface area contributed by atoms with Gasteiger partial charge in [-0.15, -0.1) is 0 Å². The molecule has 0 heterocycles. The van der Waals surface area contributed by atoms with Gasteiger partial charge in [0, 0.05) is 19.5 Å². The van der Waals surface area contributed by atoms with Crippen LogP contribution in [0.3, 0.4) is 0 Å². The summed E-state index contributed by atoms with van der Waals surface area (Å²) in [4.78, 5) is 28.1. The van der Waals surface area contributed by atoms with Gasteiger partial charge in [0.1, 0.15) is 6.04 Å². The number of nitrogens with one attached hydrogen (secondary N) is 1. The van der Waals surface area contributed by atoms with Crippen molar-refractivity contribution in [3.8, 4) is 11.5 Å². The van der Waals surface area contributed by atoms with E-state index in [2.05, 4.69) is 19.2 Å². The van der Waals surface area contributed by atoms with Gasteiger partial charge < -0.3 is 19.7 Å². The lowest BCUT2D eigenvalue weighted by Crippen LogP contribution is -2.49. The van der Waals surface area contributed by atoms with Gasteiger partial charge in [0.2, 0.25) is 11.8 Å². The van der Waals surface area contributed by atoms with Crippen molar-refractivity contribution in [3.63, 3.8) is 0 Å². The smallest absolute Gasteiger partial charge is 0.242 e. The summed E-state index contributed by atoms with van der Waals surface area (Å²) < 4.78 is 10.7. The average Bonchev–Trinajstić information content (AvgIpc) is 2.81. The third kappa shape index (κ3) is 7.81. The molecule has 0 bridgehead atoms. The second-order valence-electron chi connectivity index (χ2n) is 8.76. The summed E-state index contributed by atoms with van der Waals surface area (Å²) in [5.74, 6) is 1.49. The molecule has 0 saturated carbocycles. The number of carbonyl (C=O) groups is 2. The molecule has 33 heavy (non-hydrogen) atoms. The Kier molecular flexibility index (Phi) is 10.2. The monoisotopic (exact) mass is 454 g/mol. The van der Waals surface area contributed by atoms with Crippen molar-refractivity contribution >= 4 is 11.8 Å². The maximum Gasteiger partial charge on any atom is 0.242 e. The molecule has 2 amide bonds. The molecule has 0 radical (unpaired) electrons. The van der Waals surface area contributed by atoms with Gasteiger partial charge in [-0.05, 0) is 48.9 Å². The number of aryl methyl sites for hydroxylation is 2. The zero-order valence-corrected chi connectivity index (χ0v) is 20.8. The maximum absolute atomic E-state index is 13.4. The Morgan fingerprint density at radius 2 is 1.61 bits per heavy atom. The zero-order chi connectivity index (χ0) is 24.4. The number of ether oxygens (including phenoxy) is 2. The largest absolute Gasteiger partial charge is 0.493 e. The van der Waals surface area contributed by atoms with Crippen molar-refractivity contribution < 1.29 is 19.1 Å². The van der Waals surface area contributed by atoms with Crippen LogP contribution in [-0.4, -0.2) is 43.5 Å². The molecule has 2 aromatic carbocycles. The lowest BCUT2D eigenvalue weighted by Gasteiger charge is -2.31. The summed E-state index contributed by atoms with van der Waals surface area (Å²) in [5.41, 5.74) is 3.15. The van der Waals surface area contributed by atoms with Crippen LogP contribution in [0.2, 0.25) is 0 Å². The molecule has 1 N–H and O–H groups in total. The van der Waals surface area contributed by atoms with Gasteiger partial charge >= 0.3 is 0 Å². The van der Waals surface area contributed by atoms with Crippen LogP contribution in [-0.2, 0) is 22.6 Å². The summed E-state index contributed by atoms with van der Waals surface area (Å²) in [6, 6.07) is 13.3. The van der Waals surface area contributed by atoms with Gasteiger partial charge in [-0.2, -0.15) is 0 Å². The van der Waals surface area contributed by atoms with Crippen LogP contribution in [0.15, 0.2) is 42.5 Å². The molecule has 2 aromatic rings. The highest BCUT2D eigenvalue weighted by Gasteiger charge is 2.28. The molecular formula is C27H38N2O4. The first-order chi connectivity index (χ1) is 15.8. The number of rotatable bonds is 12. The first-order valence-electron chi connectivity index (χ1n) is 11.6. The molecule has 2 rings (SSSR count). The number of hydrogen-bond donors (Lipinski definition) is 1. The van der Waals surface area contributed by atoms with E-state index in [0.29, 0.717) is 49.8 Å². The van der Waals surface area contributed by atoms with E-state index in [9.17, 15) is 9.59 Å². The summed E-state index contributed by atoms with van der Waals surface area (Å²) >= 11 is 0. The Morgan fingerprint density at radius 3 is 2.18 bits per heavy atom. The molecule has 0 saturated heterocycles. The minimum absolute atomic E-state index is 0.0445. The lowest BCUT2D eigenvalue weighted by atomic mass is 10.0. The Labute approximate surface area is 198 Å². The fraction of sp³-hybridized carbons (Fsp3) is 0.481. The van der Waals surface area contributed by atoms with Gasteiger partial charge in [-0.25, -0.2) is 0 Å². The van der Waals surface area contributed by atoms with Gasteiger partial charge in [0.05, 0.1) is 14.2 Å². The first-order valence-corrected chi connectivity index (χ1v) is 11.6. The fourth-order valence-electron chi connectivity index (χ4n) is 3.66. The molecule has 180 valence electrons. The molecule has 6 nitrogen and oxygen atoms in total. The lowest BCUT2D eigenvalue weighted by molar-refractivity contribution is -0.141. The summed E-state index contributed by atoms with van der Waals surface area (Å²) in [5, 5.41) is 3.00. The predicted octanol–water partition coefficient (Wildman–Crippen LogP) is 4.52. The number of hydrogen-bond acceptors (Lipinski definition) is 4. The van der Waals surface area contributed by atoms with Gasteiger partial charge in [-0.3, -0.25) is 9.59 Å². The Morgan fingerprint density at radius 1 is 0.970 bits per heavy atom. The highest BCUT2D eigenvalue weighted by atomic mass is 16.5. The molecule has 0 unspecified atom stereocenters. The molecular weight excluding hydrogens is 416 g/mol. The summed E-state index contributed by atoms with van der Waals surface area (Å²) in [6.07, 6.45) is 1.40. The number of amides is 2. The van der Waals surface area contributed by atoms with Crippen LogP contribution in [0, 0.1) is 12.8 Å². The topological polar surface area (TPSA) is 67.9 Å². The zero-order valence-electron chi connectivity index (χ0n) is 20.8. The number of nitrogens with zero attached hydrogens (tertiary/aromatic N) is 1. The SMILES string of the molecule is CC[C@H](C(=O)NCC(C)C)N(Cc1ccc(C)cc1)C(=O)CCc1ccc(OC)c(OC)c1. The molecule has 1 atom stereocenters. The fourth-order valence-corrected chi connectivity index (χ4v) is 3.66. The minimum atomic E-state index is -0.511. The number of benzene rings is 2. The Bertz CT molecular complexity index is 909. The molecule has 0 aromatic heterocycles. The van der Waals surface area contributed by atoms with Crippen LogP contribution in [0.1, 0.15) is 50.3 Å². The van der Waals surface area contributed by atoms with Crippen molar-refractivity contribution in [3.05, 3.63) is 59.2 Å². The molecule has 0 spiro atoms. The van der Waals surface area contributed by atoms with E-state index >= 15 is 0 Å². The standard InChI is InChI=1S/C27H38N2O4/c1-7-23(27(31)28-17-19(2)3)29(18-22-10-8-20(4)9-11-22)26(30)15-13-21-12-14-24(32-5)25(16-21)33-6/h8-12,14,16,19,23H,7,13,15,17-18H2,1-6H3,(H,28,31)/t23-/m1/s1. The third-order valence-electron chi connectivity index (χ3n) is 5.62. The molecule has 0 aliphatic carbocycles. The second kappa shape index (κ2) is 12.9. The van der Waals surface area contributed by atoms with Crippen LogP contribution in [0.5, 0.6) is 11.5 Å². The van der Waals surface area contributed by atoms with Crippen molar-refractivity contribution in [1.82, 2.24) is 10.2 Å². The van der Waals surface area contributed by atoms with Crippen LogP contribution in [0.25, 0.3) is 0 Å². The highest BCUT2D eigenvalue weighted by molar-refractivity contribution is 5.87. The highest BCUT2D eigenvalue weighted by Crippen LogP contribution is 2.28. The van der Waals surface area contributed by atoms with Crippen molar-refractivity contribution in [1.29, 1.82) is 0 Å². The van der Waals surface area contributed by atoms with E-state index < -0.39 is 6.04 Å². The van der Waals surface area contributed by atoms with Crippen LogP contribution >= 0.6 is 0 Å². The molecule has 0 aliphatic heterocycles. The van der Waals surface area contributed by atoms with Gasteiger partial charge in [0.15, 0.2) is 11.5 Å². The minimum Gasteiger partial charge on any atom is -0.493 e. The molecule has 0 fully saturated rings. The normalized spacial score (nSPS) is 11.7. The summed E-state index contributed by atoms with van der Waals surface area (Å²) in [7, 11) is 3.19. The predicted molar refractivity (Wildman–Crippen MR) is 132 cm³/mol. The van der Waals surface area contributed by atoms with Crippen LogP contribution in [0.4, 0.5) is 0 Å². The van der Waals surface area contributed by atoms with Gasteiger partial charge in [-0.1, -0.05) is 56.7 Å². The average molecular weight is 455 g/mol. The van der Waals surface area contributed by atoms with E-state index in [-0.39, 0.29) is 11.8 Å². The van der Waals surface area contributed by atoms with E-state index in [1.54, 1.807) is 19.1 Å². The maximum atomic E-state index is 13.4. The van der Waals surface area contributed by atoms with Crippen molar-refractivity contribution in [2.45, 2.75) is 59.5 Å². The summed E-state index contributed by atoms with van der Waals surface area (Å²) in [6.45, 7) is 9.08. The number of methoxy groups -OCH3 is 2. The quantitative estimate of drug-likeness (QED) is 0.512. The van der Waals surface area contributed by atoms with Crippen molar-refractivity contribution in [2.24, 2.45) is 5.92 Å². The van der Waals surface area contributed by atoms with E-state index in [1.807, 2.05) is 56.3 Å². The molecule has 6 heteroatoms. The van der Waals surface area contributed by atoms with E-state index in [0.717, 1.165) is 16.7 Å². The van der Waals surface area contributed by atoms with E-state index in [4.69, 9.17) is 9.47 Å². The third-order valence-corrected chi connectivity index (χ3v) is 5.62. The Hall–Kier alpha value is -3.02. The van der Waals surface area contributed by atoms with Crippen LogP contribution < -0.4 is 14.8 Å². The second-order valence-corrected chi connectivity index (χ2v) is 8.76. The Balaban J connectivity index is 2.20. The number of carbonyl (C=O) groups excluding carboxylic acids is 2. The van der Waals surface area contributed by atoms with Gasteiger partial charge in [0.25, 0.3) is 0 Å². The molecule has 0 aliphatic rings. The van der Waals surface area contributed by atoms with Crippen molar-refractivity contribution in [2.75, 3.05) is 20.8 Å². The van der Waals surface area contributed by atoms with E-state index in [1.165, 1.54) is 0 Å².